The lowest BCUT2D eigenvalue weighted by atomic mass is 10.1. The van der Waals surface area contributed by atoms with E-state index in [9.17, 15) is 0 Å². The summed E-state index contributed by atoms with van der Waals surface area (Å²) >= 11 is 0. The average molecular weight is 253 g/mol. The molecule has 1 aromatic heterocycles. The van der Waals surface area contributed by atoms with Gasteiger partial charge in [-0.2, -0.15) is 5.26 Å². The smallest absolute Gasteiger partial charge is 0.133 e. The third-order valence-electron chi connectivity index (χ3n) is 3.36. The topological polar surface area (TPSA) is 39.9 Å². The zero-order valence-electron chi connectivity index (χ0n) is 11.8. The Morgan fingerprint density at radius 2 is 1.95 bits per heavy atom. The lowest BCUT2D eigenvalue weighted by Crippen LogP contribution is -2.24. The van der Waals surface area contributed by atoms with Gasteiger partial charge < -0.3 is 4.90 Å². The molecule has 98 valence electrons. The molecule has 0 amide bonds. The van der Waals surface area contributed by atoms with E-state index in [1.807, 2.05) is 6.07 Å². The SMILES string of the molecule is CCN(CC)c1nc2ccc(C)cc2cc1CC#N. The molecule has 0 aliphatic rings. The van der Waals surface area contributed by atoms with Gasteiger partial charge in [0.05, 0.1) is 18.0 Å². The van der Waals surface area contributed by atoms with E-state index in [2.05, 4.69) is 49.9 Å². The number of rotatable bonds is 4. The predicted octanol–water partition coefficient (Wildman–Crippen LogP) is 3.46. The highest BCUT2D eigenvalue weighted by molar-refractivity contribution is 5.82. The van der Waals surface area contributed by atoms with Crippen molar-refractivity contribution in [2.45, 2.75) is 27.2 Å². The van der Waals surface area contributed by atoms with E-state index in [0.29, 0.717) is 6.42 Å². The van der Waals surface area contributed by atoms with Gasteiger partial charge in [-0.05, 0) is 39.0 Å². The van der Waals surface area contributed by atoms with Gasteiger partial charge in [-0.3, -0.25) is 0 Å². The molecule has 0 N–H and O–H groups in total. The van der Waals surface area contributed by atoms with Gasteiger partial charge in [0.2, 0.25) is 0 Å². The van der Waals surface area contributed by atoms with Gasteiger partial charge in [-0.25, -0.2) is 4.98 Å². The van der Waals surface area contributed by atoms with Gasteiger partial charge in [0.25, 0.3) is 0 Å². The molecule has 3 nitrogen and oxygen atoms in total. The number of pyridine rings is 1. The fourth-order valence-corrected chi connectivity index (χ4v) is 2.34. The van der Waals surface area contributed by atoms with Gasteiger partial charge in [-0.1, -0.05) is 11.6 Å². The maximum atomic E-state index is 9.00. The van der Waals surface area contributed by atoms with Crippen LogP contribution in [0.1, 0.15) is 25.0 Å². The Hall–Kier alpha value is -2.08. The summed E-state index contributed by atoms with van der Waals surface area (Å²) in [5.74, 6) is 0.947. The maximum absolute atomic E-state index is 9.00. The van der Waals surface area contributed by atoms with Gasteiger partial charge in [0, 0.05) is 24.0 Å². The van der Waals surface area contributed by atoms with Crippen molar-refractivity contribution in [2.75, 3.05) is 18.0 Å². The number of benzene rings is 1. The van der Waals surface area contributed by atoms with Crippen LogP contribution in [0.5, 0.6) is 0 Å². The molecule has 0 unspecified atom stereocenters. The van der Waals surface area contributed by atoms with Crippen LogP contribution in [0.3, 0.4) is 0 Å². The Balaban J connectivity index is 2.63. The quantitative estimate of drug-likeness (QED) is 0.837. The van der Waals surface area contributed by atoms with Crippen molar-refractivity contribution in [1.29, 1.82) is 5.26 Å². The lowest BCUT2D eigenvalue weighted by molar-refractivity contribution is 0.841. The van der Waals surface area contributed by atoms with Crippen molar-refractivity contribution in [3.63, 3.8) is 0 Å². The molecule has 2 aromatic rings. The largest absolute Gasteiger partial charge is 0.357 e. The summed E-state index contributed by atoms with van der Waals surface area (Å²) in [6.45, 7) is 8.10. The fourth-order valence-electron chi connectivity index (χ4n) is 2.34. The van der Waals surface area contributed by atoms with E-state index in [1.165, 1.54) is 5.56 Å². The summed E-state index contributed by atoms with van der Waals surface area (Å²) in [6, 6.07) is 10.6. The lowest BCUT2D eigenvalue weighted by Gasteiger charge is -2.22. The first-order valence-electron chi connectivity index (χ1n) is 6.71. The summed E-state index contributed by atoms with van der Waals surface area (Å²) in [4.78, 5) is 6.95. The third kappa shape index (κ3) is 2.68. The molecular formula is C16H19N3. The molecule has 1 aromatic carbocycles. The van der Waals surface area contributed by atoms with Crippen LogP contribution in [0.2, 0.25) is 0 Å². The van der Waals surface area contributed by atoms with Crippen LogP contribution in [0.15, 0.2) is 24.3 Å². The first-order chi connectivity index (χ1) is 9.19. The van der Waals surface area contributed by atoms with Crippen LogP contribution in [0.4, 0.5) is 5.82 Å². The second kappa shape index (κ2) is 5.71. The number of aryl methyl sites for hydroxylation is 1. The van der Waals surface area contributed by atoms with Crippen molar-refractivity contribution in [1.82, 2.24) is 4.98 Å². The Kier molecular flexibility index (Phi) is 4.01. The summed E-state index contributed by atoms with van der Waals surface area (Å²) in [5, 5.41) is 10.1. The molecule has 0 spiro atoms. The summed E-state index contributed by atoms with van der Waals surface area (Å²) in [6.07, 6.45) is 0.405. The normalized spacial score (nSPS) is 10.4. The minimum atomic E-state index is 0.405. The highest BCUT2D eigenvalue weighted by Crippen LogP contribution is 2.24. The first kappa shape index (κ1) is 13.4. The van der Waals surface area contributed by atoms with Gasteiger partial charge >= 0.3 is 0 Å². The third-order valence-corrected chi connectivity index (χ3v) is 3.36. The van der Waals surface area contributed by atoms with Crippen LogP contribution in [-0.2, 0) is 6.42 Å². The average Bonchev–Trinajstić information content (AvgIpc) is 2.41. The van der Waals surface area contributed by atoms with E-state index < -0.39 is 0 Å². The van der Waals surface area contributed by atoms with Crippen LogP contribution in [0.25, 0.3) is 10.9 Å². The number of nitrogens with zero attached hydrogens (tertiary/aromatic N) is 3. The van der Waals surface area contributed by atoms with E-state index in [1.54, 1.807) is 0 Å². The highest BCUT2D eigenvalue weighted by Gasteiger charge is 2.11. The minimum Gasteiger partial charge on any atom is -0.357 e. The van der Waals surface area contributed by atoms with E-state index >= 15 is 0 Å². The van der Waals surface area contributed by atoms with Crippen molar-refractivity contribution in [2.24, 2.45) is 0 Å². The molecule has 3 heteroatoms. The van der Waals surface area contributed by atoms with Gasteiger partial charge in [0.1, 0.15) is 5.82 Å². The maximum Gasteiger partial charge on any atom is 0.133 e. The molecule has 0 aliphatic carbocycles. The van der Waals surface area contributed by atoms with E-state index in [-0.39, 0.29) is 0 Å². The Labute approximate surface area is 114 Å². The highest BCUT2D eigenvalue weighted by atomic mass is 15.2. The van der Waals surface area contributed by atoms with Crippen LogP contribution < -0.4 is 4.90 Å². The van der Waals surface area contributed by atoms with Crippen LogP contribution in [-0.4, -0.2) is 18.1 Å². The Morgan fingerprint density at radius 1 is 1.21 bits per heavy atom. The molecule has 0 saturated carbocycles. The van der Waals surface area contributed by atoms with Gasteiger partial charge in [-0.15, -0.1) is 0 Å². The first-order valence-corrected chi connectivity index (χ1v) is 6.71. The molecule has 0 atom stereocenters. The molecule has 19 heavy (non-hydrogen) atoms. The van der Waals surface area contributed by atoms with Crippen molar-refractivity contribution in [3.8, 4) is 6.07 Å². The number of aromatic nitrogens is 1. The number of hydrogen-bond donors (Lipinski definition) is 0. The second-order valence-electron chi connectivity index (χ2n) is 4.67. The molecule has 0 bridgehead atoms. The van der Waals surface area contributed by atoms with Crippen molar-refractivity contribution >= 4 is 16.7 Å². The summed E-state index contributed by atoms with van der Waals surface area (Å²) in [7, 11) is 0. The van der Waals surface area contributed by atoms with Crippen molar-refractivity contribution in [3.05, 3.63) is 35.4 Å². The van der Waals surface area contributed by atoms with Crippen LogP contribution >= 0.6 is 0 Å². The molecule has 0 fully saturated rings. The van der Waals surface area contributed by atoms with Crippen molar-refractivity contribution < 1.29 is 0 Å². The zero-order valence-corrected chi connectivity index (χ0v) is 11.8. The molecule has 1 heterocycles. The Morgan fingerprint density at radius 3 is 2.58 bits per heavy atom. The summed E-state index contributed by atoms with van der Waals surface area (Å²) < 4.78 is 0. The zero-order chi connectivity index (χ0) is 13.8. The number of nitriles is 1. The standard InChI is InChI=1S/C16H19N3/c1-4-19(5-2)16-13(8-9-17)11-14-10-12(3)6-7-15(14)18-16/h6-7,10-11H,4-5,8H2,1-3H3. The second-order valence-corrected chi connectivity index (χ2v) is 4.67. The van der Waals surface area contributed by atoms with Crippen LogP contribution in [0, 0.1) is 18.3 Å². The number of hydrogen-bond acceptors (Lipinski definition) is 3. The predicted molar refractivity (Wildman–Crippen MR) is 79.4 cm³/mol. The van der Waals surface area contributed by atoms with E-state index in [4.69, 9.17) is 10.2 Å². The molecular weight excluding hydrogens is 234 g/mol. The molecule has 2 rings (SSSR count). The monoisotopic (exact) mass is 253 g/mol. The number of anilines is 1. The molecule has 0 radical (unpaired) electrons. The molecule has 0 saturated heterocycles. The van der Waals surface area contributed by atoms with E-state index in [0.717, 1.165) is 35.4 Å². The summed E-state index contributed by atoms with van der Waals surface area (Å²) in [5.41, 5.74) is 3.23. The minimum absolute atomic E-state index is 0.405. The fraction of sp³-hybridized carbons (Fsp3) is 0.375. The Bertz CT molecular complexity index is 622. The number of fused-ring (bicyclic) bond motifs is 1. The molecule has 0 aliphatic heterocycles. The van der Waals surface area contributed by atoms with Gasteiger partial charge in [0.15, 0.2) is 0 Å².